The van der Waals surface area contributed by atoms with Crippen LogP contribution in [0.15, 0.2) is 0 Å². The van der Waals surface area contributed by atoms with Gasteiger partial charge in [-0.1, -0.05) is 264 Å². The van der Waals surface area contributed by atoms with Crippen molar-refractivity contribution in [2.75, 3.05) is 19.8 Å². The molecule has 0 spiro atoms. The third-order valence-corrected chi connectivity index (χ3v) is 13.2. The van der Waals surface area contributed by atoms with Crippen molar-refractivity contribution in [3.05, 3.63) is 0 Å². The lowest BCUT2D eigenvalue weighted by atomic mass is 10.0. The molecule has 0 heterocycles. The van der Waals surface area contributed by atoms with Gasteiger partial charge in [-0.05, 0) is 19.8 Å². The molecule has 364 valence electrons. The lowest BCUT2D eigenvalue weighted by Gasteiger charge is -2.19. The molecule has 0 fully saturated rings. The number of rotatable bonds is 51. The van der Waals surface area contributed by atoms with Crippen LogP contribution in [0.4, 0.5) is 0 Å². The van der Waals surface area contributed by atoms with E-state index in [0.29, 0.717) is 6.42 Å². The fourth-order valence-corrected chi connectivity index (χ4v) is 8.98. The van der Waals surface area contributed by atoms with E-state index in [-0.39, 0.29) is 32.2 Å². The Bertz CT molecular complexity index is 962. The maximum atomic E-state index is 12.6. The molecule has 0 rings (SSSR count). The van der Waals surface area contributed by atoms with E-state index in [9.17, 15) is 19.0 Å². The number of ether oxygens (including phenoxy) is 2. The molecular weight excluding hydrogens is 784 g/mol. The minimum Gasteiger partial charge on any atom is -0.462 e. The number of unbranched alkanes of at least 4 members (excludes halogenated alkanes) is 39. The smallest absolute Gasteiger partial charge is 0.462 e. The predicted octanol–water partition coefficient (Wildman–Crippen LogP) is 17.4. The van der Waals surface area contributed by atoms with Crippen molar-refractivity contribution in [1.82, 2.24) is 0 Å². The van der Waals surface area contributed by atoms with E-state index in [0.717, 1.165) is 38.5 Å². The van der Waals surface area contributed by atoms with Crippen molar-refractivity contribution >= 4 is 19.8 Å². The highest BCUT2D eigenvalue weighted by atomic mass is 31.2. The summed E-state index contributed by atoms with van der Waals surface area (Å²) in [5, 5.41) is 0. The molecule has 0 radical (unpaired) electrons. The summed E-state index contributed by atoms with van der Waals surface area (Å²) in [5.74, 6) is -0.773. The zero-order valence-electron chi connectivity index (χ0n) is 40.9. The first-order valence-corrected chi connectivity index (χ1v) is 28.3. The molecule has 0 aliphatic rings. The van der Waals surface area contributed by atoms with Gasteiger partial charge in [0.15, 0.2) is 6.10 Å². The summed E-state index contributed by atoms with van der Waals surface area (Å²) in [6.45, 7) is 5.56. The number of hydrogen-bond donors (Lipinski definition) is 1. The zero-order valence-corrected chi connectivity index (χ0v) is 41.8. The lowest BCUT2D eigenvalue weighted by Crippen LogP contribution is -2.29. The van der Waals surface area contributed by atoms with Crippen LogP contribution in [0.1, 0.15) is 297 Å². The summed E-state index contributed by atoms with van der Waals surface area (Å²) in [6.07, 6.45) is 53.2. The van der Waals surface area contributed by atoms with Gasteiger partial charge >= 0.3 is 19.8 Å². The Morgan fingerprint density at radius 3 is 0.918 bits per heavy atom. The fourth-order valence-electron chi connectivity index (χ4n) is 8.22. The van der Waals surface area contributed by atoms with E-state index < -0.39 is 19.9 Å². The Balaban J connectivity index is 3.88. The van der Waals surface area contributed by atoms with Crippen molar-refractivity contribution in [2.24, 2.45) is 0 Å². The van der Waals surface area contributed by atoms with E-state index in [2.05, 4.69) is 13.8 Å². The number of esters is 2. The molecule has 0 aromatic carbocycles. The molecule has 0 aromatic rings. The second kappa shape index (κ2) is 48.5. The molecule has 2 atom stereocenters. The van der Waals surface area contributed by atoms with E-state index in [1.807, 2.05) is 0 Å². The molecule has 0 saturated heterocycles. The summed E-state index contributed by atoms with van der Waals surface area (Å²) < 4.78 is 32.8. The van der Waals surface area contributed by atoms with Crippen LogP contribution < -0.4 is 0 Å². The van der Waals surface area contributed by atoms with Crippen LogP contribution in [0.3, 0.4) is 0 Å². The Labute approximate surface area is 378 Å². The van der Waals surface area contributed by atoms with Crippen LogP contribution in [0.2, 0.25) is 0 Å². The predicted molar refractivity (Wildman–Crippen MR) is 258 cm³/mol. The second-order valence-electron chi connectivity index (χ2n) is 18.3. The Hall–Kier alpha value is -0.950. The average molecular weight is 887 g/mol. The van der Waals surface area contributed by atoms with Gasteiger partial charge in [0.05, 0.1) is 13.2 Å². The van der Waals surface area contributed by atoms with Crippen molar-refractivity contribution in [3.63, 3.8) is 0 Å². The van der Waals surface area contributed by atoms with Crippen LogP contribution in [0.5, 0.6) is 0 Å². The molecule has 8 nitrogen and oxygen atoms in total. The van der Waals surface area contributed by atoms with Crippen molar-refractivity contribution < 1.29 is 37.6 Å². The molecule has 61 heavy (non-hydrogen) atoms. The monoisotopic (exact) mass is 887 g/mol. The maximum absolute atomic E-state index is 12.6. The largest absolute Gasteiger partial charge is 0.472 e. The molecule has 2 unspecified atom stereocenters. The number of phosphoric acid groups is 1. The molecule has 0 aliphatic carbocycles. The molecule has 0 saturated carbocycles. The Kier molecular flexibility index (Phi) is 47.7. The van der Waals surface area contributed by atoms with Crippen molar-refractivity contribution in [3.8, 4) is 0 Å². The van der Waals surface area contributed by atoms with Gasteiger partial charge in [-0.2, -0.15) is 0 Å². The van der Waals surface area contributed by atoms with E-state index in [4.69, 9.17) is 18.5 Å². The SMILES string of the molecule is CCCCCCCCCCCCCCCCCCCCCCCCCCC(=O)OC(COC(=O)CCCCCCCCCCCCCCCCCCC)COP(=O)(O)OCC. The fraction of sp³-hybridized carbons (Fsp3) is 0.962. The van der Waals surface area contributed by atoms with E-state index in [1.54, 1.807) is 6.92 Å². The first kappa shape index (κ1) is 60.1. The summed E-state index contributed by atoms with van der Waals surface area (Å²) in [5.41, 5.74) is 0. The van der Waals surface area contributed by atoms with Gasteiger partial charge in [0.1, 0.15) is 6.61 Å². The number of phosphoric ester groups is 1. The highest BCUT2D eigenvalue weighted by Gasteiger charge is 2.25. The van der Waals surface area contributed by atoms with Gasteiger partial charge in [0, 0.05) is 12.8 Å². The standard InChI is InChI=1S/C52H103O8P/c1-4-7-9-11-13-15-17-19-21-23-24-25-26-27-28-29-31-33-35-37-39-41-43-45-47-52(54)60-50(49-59-61(55,56)58-6-3)48-57-51(53)46-44-42-40-38-36-34-32-30-22-20-18-16-14-12-10-8-5-2/h50H,4-49H2,1-3H3,(H,55,56). The van der Waals surface area contributed by atoms with Crippen LogP contribution in [0, 0.1) is 0 Å². The Morgan fingerprint density at radius 1 is 0.377 bits per heavy atom. The minimum absolute atomic E-state index is 0.00609. The highest BCUT2D eigenvalue weighted by molar-refractivity contribution is 7.47. The van der Waals surface area contributed by atoms with Gasteiger partial charge in [-0.15, -0.1) is 0 Å². The van der Waals surface area contributed by atoms with E-state index >= 15 is 0 Å². The third kappa shape index (κ3) is 48.3. The number of carbonyl (C=O) groups is 2. The second-order valence-corrected chi connectivity index (χ2v) is 19.7. The number of hydrogen-bond acceptors (Lipinski definition) is 7. The van der Waals surface area contributed by atoms with Crippen molar-refractivity contribution in [1.29, 1.82) is 0 Å². The summed E-state index contributed by atoms with van der Waals surface area (Å²) >= 11 is 0. The third-order valence-electron chi connectivity index (χ3n) is 12.2. The first-order valence-electron chi connectivity index (χ1n) is 26.8. The van der Waals surface area contributed by atoms with Gasteiger partial charge < -0.3 is 14.4 Å². The van der Waals surface area contributed by atoms with E-state index in [1.165, 1.54) is 225 Å². The quantitative estimate of drug-likeness (QED) is 0.0365. The normalized spacial score (nSPS) is 13.0. The van der Waals surface area contributed by atoms with Gasteiger partial charge in [0.2, 0.25) is 0 Å². The first-order chi connectivity index (χ1) is 29.8. The maximum Gasteiger partial charge on any atom is 0.472 e. The molecule has 0 amide bonds. The molecule has 9 heteroatoms. The molecule has 1 N–H and O–H groups in total. The van der Waals surface area contributed by atoms with Crippen LogP contribution in [0.25, 0.3) is 0 Å². The topological polar surface area (TPSA) is 108 Å². The number of carbonyl (C=O) groups excluding carboxylic acids is 2. The Morgan fingerprint density at radius 2 is 0.639 bits per heavy atom. The molecule has 0 bridgehead atoms. The summed E-state index contributed by atoms with van der Waals surface area (Å²) in [6, 6.07) is 0. The molecular formula is C52H103O8P. The van der Waals surface area contributed by atoms with Gasteiger partial charge in [0.25, 0.3) is 0 Å². The van der Waals surface area contributed by atoms with Gasteiger partial charge in [-0.25, -0.2) is 4.57 Å². The zero-order chi connectivity index (χ0) is 44.6. The minimum atomic E-state index is -4.28. The van der Waals surface area contributed by atoms with Crippen LogP contribution in [-0.4, -0.2) is 42.8 Å². The van der Waals surface area contributed by atoms with Gasteiger partial charge in [-0.3, -0.25) is 18.6 Å². The summed E-state index contributed by atoms with van der Waals surface area (Å²) in [7, 11) is -4.28. The van der Waals surface area contributed by atoms with Crippen LogP contribution >= 0.6 is 7.82 Å². The van der Waals surface area contributed by atoms with Crippen LogP contribution in [-0.2, 0) is 32.7 Å². The molecule has 0 aliphatic heterocycles. The lowest BCUT2D eigenvalue weighted by molar-refractivity contribution is -0.161. The molecule has 0 aromatic heterocycles. The average Bonchev–Trinajstić information content (AvgIpc) is 3.24. The van der Waals surface area contributed by atoms with Crippen molar-refractivity contribution in [2.45, 2.75) is 303 Å². The summed E-state index contributed by atoms with van der Waals surface area (Å²) in [4.78, 5) is 34.9. The highest BCUT2D eigenvalue weighted by Crippen LogP contribution is 2.43.